The highest BCUT2D eigenvalue weighted by atomic mass is 35.5. The molecule has 2 nitrogen and oxygen atoms in total. The molecule has 4 rings (SSSR count). The quantitative estimate of drug-likeness (QED) is 0.681. The lowest BCUT2D eigenvalue weighted by molar-refractivity contribution is -0.150. The number of carbonyl (C=O) groups excluding carboxylic acids is 1. The molecule has 142 valence electrons. The summed E-state index contributed by atoms with van der Waals surface area (Å²) in [6.07, 6.45) is 10.5. The molecule has 0 aromatic rings. The topological polar surface area (TPSA) is 37.3 Å². The molecule has 0 heterocycles. The highest BCUT2D eigenvalue weighted by molar-refractivity contribution is 6.28. The maximum Gasteiger partial charge on any atom is 0.151 e. The molecule has 0 amide bonds. The van der Waals surface area contributed by atoms with Crippen LogP contribution in [0.1, 0.15) is 78.6 Å². The molecule has 0 radical (unpaired) electrons. The van der Waals surface area contributed by atoms with Crippen LogP contribution in [0.4, 0.5) is 0 Å². The highest BCUT2D eigenvalue weighted by Gasteiger charge is 2.61. The van der Waals surface area contributed by atoms with Gasteiger partial charge in [-0.1, -0.05) is 13.8 Å². The minimum Gasteiger partial charge on any atom is -0.390 e. The Kier molecular flexibility index (Phi) is 4.36. The SMILES string of the molecule is C[C@@]1(O)CC[C@@]2(C)[C@@H](CC[C@@H]3[C@@H]2CC[C@]2(C)[C@@H](C(=O)CCl)CC[C@@H]32)C1. The normalized spacial score (nSPS) is 55.2. The van der Waals surface area contributed by atoms with Gasteiger partial charge < -0.3 is 5.11 Å². The zero-order valence-electron chi connectivity index (χ0n) is 16.2. The number of carbonyl (C=O) groups is 1. The Morgan fingerprint density at radius 1 is 0.960 bits per heavy atom. The van der Waals surface area contributed by atoms with Crippen LogP contribution < -0.4 is 0 Å². The molecule has 0 aromatic carbocycles. The summed E-state index contributed by atoms with van der Waals surface area (Å²) >= 11 is 5.93. The number of rotatable bonds is 2. The molecular weight excluding hydrogens is 332 g/mol. The summed E-state index contributed by atoms with van der Waals surface area (Å²) in [6.45, 7) is 6.97. The van der Waals surface area contributed by atoms with E-state index in [1.807, 2.05) is 6.92 Å². The van der Waals surface area contributed by atoms with E-state index in [0.29, 0.717) is 23.0 Å². The van der Waals surface area contributed by atoms with Gasteiger partial charge in [-0.2, -0.15) is 0 Å². The van der Waals surface area contributed by atoms with Crippen molar-refractivity contribution in [3.05, 3.63) is 0 Å². The molecule has 0 saturated heterocycles. The Hall–Kier alpha value is -0.0800. The van der Waals surface area contributed by atoms with Gasteiger partial charge in [0, 0.05) is 5.92 Å². The van der Waals surface area contributed by atoms with Crippen molar-refractivity contribution in [3.8, 4) is 0 Å². The number of alkyl halides is 1. The van der Waals surface area contributed by atoms with Crippen LogP contribution in [0.2, 0.25) is 0 Å². The number of aliphatic hydroxyl groups is 1. The summed E-state index contributed by atoms with van der Waals surface area (Å²) in [5.41, 5.74) is 0.142. The van der Waals surface area contributed by atoms with E-state index in [1.165, 1.54) is 38.5 Å². The van der Waals surface area contributed by atoms with Crippen molar-refractivity contribution in [1.29, 1.82) is 0 Å². The molecule has 4 aliphatic carbocycles. The predicted molar refractivity (Wildman–Crippen MR) is 102 cm³/mol. The third-order valence-corrected chi connectivity index (χ3v) is 9.74. The lowest BCUT2D eigenvalue weighted by Crippen LogP contribution is -2.55. The first-order chi connectivity index (χ1) is 11.7. The molecule has 4 fully saturated rings. The summed E-state index contributed by atoms with van der Waals surface area (Å²) in [7, 11) is 0. The van der Waals surface area contributed by atoms with Crippen molar-refractivity contribution in [1.82, 2.24) is 0 Å². The Labute approximate surface area is 158 Å². The summed E-state index contributed by atoms with van der Waals surface area (Å²) in [5.74, 6) is 3.66. The molecule has 0 unspecified atom stereocenters. The minimum atomic E-state index is -0.453. The Morgan fingerprint density at radius 2 is 1.68 bits per heavy atom. The maximum absolute atomic E-state index is 12.4. The predicted octanol–water partition coefficient (Wildman–Crippen LogP) is 5.20. The van der Waals surface area contributed by atoms with Gasteiger partial charge in [-0.25, -0.2) is 0 Å². The second-order valence-corrected chi connectivity index (χ2v) is 10.9. The lowest BCUT2D eigenvalue weighted by atomic mass is 9.44. The fraction of sp³-hybridized carbons (Fsp3) is 0.955. The average molecular weight is 367 g/mol. The number of hydrogen-bond donors (Lipinski definition) is 1. The largest absolute Gasteiger partial charge is 0.390 e. The van der Waals surface area contributed by atoms with E-state index in [9.17, 15) is 9.90 Å². The van der Waals surface area contributed by atoms with Crippen LogP contribution in [-0.2, 0) is 4.79 Å². The molecular formula is C22H35ClO2. The first kappa shape index (κ1) is 18.3. The zero-order valence-corrected chi connectivity index (χ0v) is 16.9. The van der Waals surface area contributed by atoms with E-state index in [2.05, 4.69) is 13.8 Å². The molecule has 4 aliphatic rings. The van der Waals surface area contributed by atoms with Gasteiger partial charge in [-0.3, -0.25) is 4.79 Å². The second-order valence-electron chi connectivity index (χ2n) is 10.6. The van der Waals surface area contributed by atoms with Gasteiger partial charge in [0.2, 0.25) is 0 Å². The Balaban J connectivity index is 1.59. The maximum atomic E-state index is 12.4. The molecule has 8 atom stereocenters. The standard InChI is InChI=1S/C22H35ClO2/c1-20(25)10-11-21(2)14(12-20)4-5-15-16-6-7-18(19(24)13-23)22(16,3)9-8-17(15)21/h14-18,25H,4-13H2,1-3H3/t14-,15-,16-,17-,18+,20+,21-,22-/m0/s1. The zero-order chi connectivity index (χ0) is 18.0. The van der Waals surface area contributed by atoms with Crippen molar-refractivity contribution in [2.45, 2.75) is 84.2 Å². The van der Waals surface area contributed by atoms with Gasteiger partial charge in [0.1, 0.15) is 0 Å². The van der Waals surface area contributed by atoms with Crippen molar-refractivity contribution >= 4 is 17.4 Å². The van der Waals surface area contributed by atoms with Gasteiger partial charge in [0.25, 0.3) is 0 Å². The molecule has 0 spiro atoms. The van der Waals surface area contributed by atoms with Gasteiger partial charge in [-0.15, -0.1) is 11.6 Å². The number of ketones is 1. The van der Waals surface area contributed by atoms with Crippen molar-refractivity contribution in [2.75, 3.05) is 5.88 Å². The second kappa shape index (κ2) is 5.96. The van der Waals surface area contributed by atoms with Crippen LogP contribution in [0.5, 0.6) is 0 Å². The van der Waals surface area contributed by atoms with Crippen molar-refractivity contribution < 1.29 is 9.90 Å². The van der Waals surface area contributed by atoms with Crippen LogP contribution in [0, 0.1) is 40.4 Å². The lowest BCUT2D eigenvalue weighted by Gasteiger charge is -2.61. The third kappa shape index (κ3) is 2.64. The molecule has 0 aliphatic heterocycles. The van der Waals surface area contributed by atoms with Crippen LogP contribution in [0.3, 0.4) is 0 Å². The third-order valence-electron chi connectivity index (χ3n) is 9.47. The minimum absolute atomic E-state index is 0.190. The van der Waals surface area contributed by atoms with Crippen LogP contribution in [-0.4, -0.2) is 22.4 Å². The summed E-state index contributed by atoms with van der Waals surface area (Å²) in [5, 5.41) is 10.6. The number of hydrogen-bond acceptors (Lipinski definition) is 2. The molecule has 3 heteroatoms. The Bertz CT molecular complexity index is 558. The van der Waals surface area contributed by atoms with Crippen LogP contribution in [0.15, 0.2) is 0 Å². The Morgan fingerprint density at radius 3 is 2.40 bits per heavy atom. The van der Waals surface area contributed by atoms with Crippen molar-refractivity contribution in [3.63, 3.8) is 0 Å². The fourth-order valence-corrected chi connectivity index (χ4v) is 8.24. The van der Waals surface area contributed by atoms with Gasteiger partial charge in [0.15, 0.2) is 5.78 Å². The van der Waals surface area contributed by atoms with Crippen LogP contribution in [0.25, 0.3) is 0 Å². The fourth-order valence-electron chi connectivity index (χ4n) is 8.05. The average Bonchev–Trinajstić information content (AvgIpc) is 2.92. The number of fused-ring (bicyclic) bond motifs is 5. The van der Waals surface area contributed by atoms with Gasteiger partial charge in [0.05, 0.1) is 11.5 Å². The van der Waals surface area contributed by atoms with Crippen LogP contribution >= 0.6 is 11.6 Å². The first-order valence-corrected chi connectivity index (χ1v) is 11.1. The molecule has 1 N–H and O–H groups in total. The van der Waals surface area contributed by atoms with Gasteiger partial charge >= 0.3 is 0 Å². The molecule has 0 bridgehead atoms. The number of Topliss-reactive ketones (excluding diaryl/α,β-unsaturated/α-hetero) is 1. The van der Waals surface area contributed by atoms with E-state index in [0.717, 1.165) is 31.1 Å². The van der Waals surface area contributed by atoms with E-state index >= 15 is 0 Å². The monoisotopic (exact) mass is 366 g/mol. The smallest absolute Gasteiger partial charge is 0.151 e. The van der Waals surface area contributed by atoms with E-state index in [1.54, 1.807) is 0 Å². The summed E-state index contributed by atoms with van der Waals surface area (Å²) in [6, 6.07) is 0. The van der Waals surface area contributed by atoms with Crippen molar-refractivity contribution in [2.24, 2.45) is 40.4 Å². The van der Waals surface area contributed by atoms with E-state index < -0.39 is 5.60 Å². The van der Waals surface area contributed by atoms with E-state index in [4.69, 9.17) is 11.6 Å². The number of halogens is 1. The molecule has 0 aromatic heterocycles. The summed E-state index contributed by atoms with van der Waals surface area (Å²) in [4.78, 5) is 12.4. The molecule has 4 saturated carbocycles. The first-order valence-electron chi connectivity index (χ1n) is 10.5. The summed E-state index contributed by atoms with van der Waals surface area (Å²) < 4.78 is 0. The van der Waals surface area contributed by atoms with E-state index in [-0.39, 0.29) is 17.2 Å². The molecule has 25 heavy (non-hydrogen) atoms. The van der Waals surface area contributed by atoms with Gasteiger partial charge in [-0.05, 0) is 99.2 Å². The highest BCUT2D eigenvalue weighted by Crippen LogP contribution is 2.68.